The maximum Gasteiger partial charge on any atom is 0.265 e. The van der Waals surface area contributed by atoms with E-state index in [4.69, 9.17) is 0 Å². The number of aromatic nitrogens is 3. The molecule has 1 fully saturated rings. The summed E-state index contributed by atoms with van der Waals surface area (Å²) in [5, 5.41) is 2.16. The molecule has 0 saturated carbocycles. The van der Waals surface area contributed by atoms with Crippen molar-refractivity contribution in [3.63, 3.8) is 0 Å². The molecule has 9 heteroatoms. The molecule has 3 heterocycles. The molecule has 4 aromatic rings. The van der Waals surface area contributed by atoms with Crippen LogP contribution in [-0.4, -0.2) is 29.3 Å². The van der Waals surface area contributed by atoms with Crippen molar-refractivity contribution in [2.24, 2.45) is 0 Å². The Bertz CT molecular complexity index is 1280. The van der Waals surface area contributed by atoms with Crippen molar-refractivity contribution in [3.05, 3.63) is 72.8 Å². The minimum atomic E-state index is -3.85. The average Bonchev–Trinajstić information content (AvgIpc) is 3.45. The maximum atomic E-state index is 13.4. The third-order valence-electron chi connectivity index (χ3n) is 5.35. The highest BCUT2D eigenvalue weighted by atomic mass is 32.2. The Morgan fingerprint density at radius 3 is 2.80 bits per heavy atom. The van der Waals surface area contributed by atoms with Crippen molar-refractivity contribution in [2.45, 2.75) is 23.8 Å². The predicted octanol–water partition coefficient (Wildman–Crippen LogP) is 4.23. The van der Waals surface area contributed by atoms with Gasteiger partial charge in [-0.05, 0) is 35.9 Å². The summed E-state index contributed by atoms with van der Waals surface area (Å²) in [4.78, 5) is 10.7. The third-order valence-corrected chi connectivity index (χ3v) is 7.43. The number of hydrogen-bond donors (Lipinski definition) is 1. The van der Waals surface area contributed by atoms with Crippen LogP contribution in [0, 0.1) is 0 Å². The molecule has 1 unspecified atom stereocenters. The fourth-order valence-corrected chi connectivity index (χ4v) is 5.98. The van der Waals surface area contributed by atoms with Gasteiger partial charge in [-0.3, -0.25) is 9.71 Å². The van der Waals surface area contributed by atoms with Crippen LogP contribution < -0.4 is 9.62 Å². The van der Waals surface area contributed by atoms with Crippen molar-refractivity contribution in [2.75, 3.05) is 16.2 Å². The highest BCUT2D eigenvalue weighted by Crippen LogP contribution is 2.43. The Labute approximate surface area is 178 Å². The average molecular weight is 438 g/mol. The zero-order chi connectivity index (χ0) is 20.6. The minimum Gasteiger partial charge on any atom is -0.363 e. The van der Waals surface area contributed by atoms with Crippen LogP contribution in [0.1, 0.15) is 24.4 Å². The number of nitrogens with zero attached hydrogens (tertiary/aromatic N) is 4. The van der Waals surface area contributed by atoms with Crippen molar-refractivity contribution in [1.82, 2.24) is 14.3 Å². The first-order valence-electron chi connectivity index (χ1n) is 9.61. The van der Waals surface area contributed by atoms with E-state index in [1.807, 2.05) is 42.6 Å². The number of anilines is 2. The van der Waals surface area contributed by atoms with Crippen LogP contribution in [0.4, 0.5) is 10.8 Å². The summed E-state index contributed by atoms with van der Waals surface area (Å²) in [6.07, 6.45) is 6.87. The van der Waals surface area contributed by atoms with Gasteiger partial charge in [0.15, 0.2) is 0 Å². The molecule has 5 rings (SSSR count). The fourth-order valence-electron chi connectivity index (χ4n) is 4.09. The van der Waals surface area contributed by atoms with E-state index in [1.165, 1.54) is 6.33 Å². The summed E-state index contributed by atoms with van der Waals surface area (Å²) in [6, 6.07) is 15.5. The van der Waals surface area contributed by atoms with Gasteiger partial charge in [-0.15, -0.1) is 0 Å². The standard InChI is InChI=1S/C21H19N5O2S2/c27-30(28,25-21-23-14-24-29-21)19-10-9-15-5-1-2-7-17(15)20(19)26-12-4-8-18(26)16-6-3-11-22-13-16/h1-3,5-7,9-11,13-14,18H,4,8,12H2,(H,23,24,25). The molecule has 0 radical (unpaired) electrons. The Kier molecular flexibility index (Phi) is 4.84. The van der Waals surface area contributed by atoms with Gasteiger partial charge < -0.3 is 4.90 Å². The van der Waals surface area contributed by atoms with Gasteiger partial charge in [0.2, 0.25) is 5.13 Å². The zero-order valence-electron chi connectivity index (χ0n) is 16.0. The number of nitrogens with one attached hydrogen (secondary N) is 1. The molecular weight excluding hydrogens is 418 g/mol. The van der Waals surface area contributed by atoms with E-state index >= 15 is 0 Å². The monoisotopic (exact) mass is 437 g/mol. The van der Waals surface area contributed by atoms with Gasteiger partial charge in [0, 0.05) is 35.9 Å². The van der Waals surface area contributed by atoms with E-state index in [2.05, 4.69) is 30.0 Å². The summed E-state index contributed by atoms with van der Waals surface area (Å²) < 4.78 is 33.2. The second kappa shape index (κ2) is 7.66. The van der Waals surface area contributed by atoms with Gasteiger partial charge in [0.25, 0.3) is 10.0 Å². The summed E-state index contributed by atoms with van der Waals surface area (Å²) >= 11 is 1.01. The van der Waals surface area contributed by atoms with Crippen molar-refractivity contribution < 1.29 is 8.42 Å². The van der Waals surface area contributed by atoms with E-state index in [0.29, 0.717) is 0 Å². The molecule has 2 aromatic carbocycles. The first kappa shape index (κ1) is 19.0. The number of sulfonamides is 1. The normalized spacial score (nSPS) is 16.8. The van der Waals surface area contributed by atoms with E-state index in [0.717, 1.165) is 52.9 Å². The number of benzene rings is 2. The summed E-state index contributed by atoms with van der Waals surface area (Å²) in [7, 11) is -3.85. The van der Waals surface area contributed by atoms with Crippen LogP contribution >= 0.6 is 11.5 Å². The molecule has 0 bridgehead atoms. The zero-order valence-corrected chi connectivity index (χ0v) is 17.6. The Morgan fingerprint density at radius 1 is 1.10 bits per heavy atom. The molecule has 7 nitrogen and oxygen atoms in total. The Balaban J connectivity index is 1.69. The van der Waals surface area contributed by atoms with Crippen LogP contribution in [0.25, 0.3) is 10.8 Å². The van der Waals surface area contributed by atoms with Crippen LogP contribution in [0.2, 0.25) is 0 Å². The molecular formula is C21H19N5O2S2. The first-order valence-corrected chi connectivity index (χ1v) is 11.9. The molecule has 1 saturated heterocycles. The molecule has 0 amide bonds. The topological polar surface area (TPSA) is 88.1 Å². The van der Waals surface area contributed by atoms with Crippen LogP contribution in [0.15, 0.2) is 72.1 Å². The lowest BCUT2D eigenvalue weighted by Gasteiger charge is -2.30. The van der Waals surface area contributed by atoms with Crippen molar-refractivity contribution in [3.8, 4) is 0 Å². The predicted molar refractivity (Wildman–Crippen MR) is 118 cm³/mol. The van der Waals surface area contributed by atoms with Gasteiger partial charge in [-0.1, -0.05) is 36.4 Å². The number of rotatable bonds is 5. The molecule has 1 aliphatic rings. The number of fused-ring (bicyclic) bond motifs is 1. The lowest BCUT2D eigenvalue weighted by molar-refractivity contribution is 0.600. The lowest BCUT2D eigenvalue weighted by Crippen LogP contribution is -2.26. The maximum absolute atomic E-state index is 13.4. The van der Waals surface area contributed by atoms with E-state index < -0.39 is 10.0 Å². The Hall–Kier alpha value is -3.04. The summed E-state index contributed by atoms with van der Waals surface area (Å²) in [6.45, 7) is 0.773. The lowest BCUT2D eigenvalue weighted by atomic mass is 10.0. The van der Waals surface area contributed by atoms with E-state index in [-0.39, 0.29) is 16.1 Å². The van der Waals surface area contributed by atoms with Gasteiger partial charge in [0.1, 0.15) is 11.2 Å². The molecule has 1 N–H and O–H groups in total. The highest BCUT2D eigenvalue weighted by Gasteiger charge is 2.32. The molecule has 152 valence electrons. The summed E-state index contributed by atoms with van der Waals surface area (Å²) in [5.41, 5.74) is 1.81. The Morgan fingerprint density at radius 2 is 2.00 bits per heavy atom. The minimum absolute atomic E-state index is 0.0694. The number of hydrogen-bond acceptors (Lipinski definition) is 7. The second-order valence-electron chi connectivity index (χ2n) is 7.12. The summed E-state index contributed by atoms with van der Waals surface area (Å²) in [5.74, 6) is 0. The number of pyridine rings is 1. The first-order chi connectivity index (χ1) is 14.6. The molecule has 2 aromatic heterocycles. The molecule has 1 atom stereocenters. The van der Waals surface area contributed by atoms with Crippen LogP contribution in [-0.2, 0) is 10.0 Å². The molecule has 0 spiro atoms. The largest absolute Gasteiger partial charge is 0.363 e. The van der Waals surface area contributed by atoms with Crippen molar-refractivity contribution >= 4 is 43.1 Å². The van der Waals surface area contributed by atoms with Crippen LogP contribution in [0.5, 0.6) is 0 Å². The van der Waals surface area contributed by atoms with Gasteiger partial charge in [-0.2, -0.15) is 4.37 Å². The van der Waals surface area contributed by atoms with Crippen molar-refractivity contribution in [1.29, 1.82) is 0 Å². The highest BCUT2D eigenvalue weighted by molar-refractivity contribution is 7.93. The van der Waals surface area contributed by atoms with E-state index in [1.54, 1.807) is 12.3 Å². The molecule has 30 heavy (non-hydrogen) atoms. The van der Waals surface area contributed by atoms with Gasteiger partial charge in [0.05, 0.1) is 11.7 Å². The van der Waals surface area contributed by atoms with Gasteiger partial charge >= 0.3 is 0 Å². The quantitative estimate of drug-likeness (QED) is 0.503. The second-order valence-corrected chi connectivity index (χ2v) is 9.55. The van der Waals surface area contributed by atoms with E-state index in [9.17, 15) is 8.42 Å². The fraction of sp³-hybridized carbons (Fsp3) is 0.190. The third kappa shape index (κ3) is 3.40. The molecule has 1 aliphatic heterocycles. The molecule has 0 aliphatic carbocycles. The smallest absolute Gasteiger partial charge is 0.265 e. The van der Waals surface area contributed by atoms with Crippen LogP contribution in [0.3, 0.4) is 0 Å². The van der Waals surface area contributed by atoms with Gasteiger partial charge in [-0.25, -0.2) is 13.4 Å². The SMILES string of the molecule is O=S(=O)(Nc1ncns1)c1ccc2ccccc2c1N1CCCC1c1cccnc1.